The molecule has 1 aliphatic heterocycles. The second-order valence-corrected chi connectivity index (χ2v) is 11.6. The Balaban J connectivity index is 2.64. The summed E-state index contributed by atoms with van der Waals surface area (Å²) in [6, 6.07) is 3.71. The Kier molecular flexibility index (Phi) is 7.07. The van der Waals surface area contributed by atoms with Gasteiger partial charge in [0.25, 0.3) is 0 Å². The number of nitrogens with zero attached hydrogens (tertiary/aromatic N) is 1. The zero-order chi connectivity index (χ0) is 22.2. The Hall–Kier alpha value is -1.19. The molecule has 166 valence electrons. The molecule has 0 aromatic heterocycles. The summed E-state index contributed by atoms with van der Waals surface area (Å²) in [5, 5.41) is 10.1. The van der Waals surface area contributed by atoms with Crippen LogP contribution in [-0.2, 0) is 30.4 Å². The van der Waals surface area contributed by atoms with Crippen molar-refractivity contribution in [2.24, 2.45) is 0 Å². The molecule has 8 heteroatoms. The van der Waals surface area contributed by atoms with E-state index in [0.717, 1.165) is 21.3 Å². The third kappa shape index (κ3) is 4.94. The van der Waals surface area contributed by atoms with Gasteiger partial charge in [-0.25, -0.2) is 8.42 Å². The molecule has 0 bridgehead atoms. The summed E-state index contributed by atoms with van der Waals surface area (Å²) in [7, 11) is -0.846. The van der Waals surface area contributed by atoms with E-state index in [1.807, 2.05) is 12.1 Å². The summed E-state index contributed by atoms with van der Waals surface area (Å²) < 4.78 is 37.4. The molecular weight excluding hydrogens is 394 g/mol. The zero-order valence-electron chi connectivity index (χ0n) is 18.8. The van der Waals surface area contributed by atoms with Crippen LogP contribution >= 0.6 is 0 Å². The van der Waals surface area contributed by atoms with Gasteiger partial charge in [-0.05, 0) is 34.9 Å². The molecule has 1 aromatic carbocycles. The number of hydrogen-bond acceptors (Lipinski definition) is 6. The largest absolute Gasteiger partial charge is 0.467 e. The fourth-order valence-electron chi connectivity index (χ4n) is 3.60. The number of hydrogen-bond donors (Lipinski definition) is 1. The van der Waals surface area contributed by atoms with Crippen LogP contribution in [0.3, 0.4) is 0 Å². The predicted octanol–water partition coefficient (Wildman–Crippen LogP) is 3.26. The Labute approximate surface area is 175 Å². The summed E-state index contributed by atoms with van der Waals surface area (Å²) in [5.41, 5.74) is 1.79. The van der Waals surface area contributed by atoms with E-state index in [1.54, 1.807) is 7.11 Å². The minimum atomic E-state index is -3.74. The van der Waals surface area contributed by atoms with Crippen molar-refractivity contribution in [1.82, 2.24) is 4.47 Å². The molecule has 2 unspecified atom stereocenters. The molecule has 0 spiro atoms. The van der Waals surface area contributed by atoms with E-state index < -0.39 is 21.4 Å². The van der Waals surface area contributed by atoms with Gasteiger partial charge in [0.15, 0.2) is 6.79 Å². The van der Waals surface area contributed by atoms with E-state index in [-0.39, 0.29) is 24.2 Å². The summed E-state index contributed by atoms with van der Waals surface area (Å²) in [6.07, 6.45) is -0.867. The summed E-state index contributed by atoms with van der Waals surface area (Å²) in [5.74, 6) is 0.718. The lowest BCUT2D eigenvalue weighted by Crippen LogP contribution is -2.32. The van der Waals surface area contributed by atoms with Crippen molar-refractivity contribution in [3.63, 3.8) is 0 Å². The van der Waals surface area contributed by atoms with Crippen LogP contribution in [0.4, 0.5) is 0 Å². The fraction of sp³-hybridized carbons (Fsp3) is 0.714. The van der Waals surface area contributed by atoms with Gasteiger partial charge >= 0.3 is 0 Å². The van der Waals surface area contributed by atoms with E-state index in [0.29, 0.717) is 12.0 Å². The number of aliphatic hydroxyl groups excluding tert-OH is 1. The molecule has 1 N–H and O–H groups in total. The lowest BCUT2D eigenvalue weighted by atomic mass is 9.77. The zero-order valence-corrected chi connectivity index (χ0v) is 19.6. The van der Waals surface area contributed by atoms with E-state index >= 15 is 0 Å². The first-order valence-corrected chi connectivity index (χ1v) is 11.3. The van der Waals surface area contributed by atoms with Crippen LogP contribution in [0.25, 0.3) is 0 Å². The van der Waals surface area contributed by atoms with Crippen LogP contribution in [0.5, 0.6) is 5.75 Å². The first-order valence-electron chi connectivity index (χ1n) is 9.79. The van der Waals surface area contributed by atoms with Crippen molar-refractivity contribution < 1.29 is 27.8 Å². The average molecular weight is 430 g/mol. The van der Waals surface area contributed by atoms with Gasteiger partial charge in [0, 0.05) is 24.8 Å². The molecule has 1 heterocycles. The minimum absolute atomic E-state index is 0.105. The van der Waals surface area contributed by atoms with Gasteiger partial charge in [-0.15, -0.1) is 0 Å². The van der Waals surface area contributed by atoms with Gasteiger partial charge < -0.3 is 14.6 Å². The van der Waals surface area contributed by atoms with E-state index in [2.05, 4.69) is 41.5 Å². The molecule has 7 nitrogen and oxygen atoms in total. The normalized spacial score (nSPS) is 21.3. The highest BCUT2D eigenvalue weighted by Crippen LogP contribution is 2.43. The van der Waals surface area contributed by atoms with Gasteiger partial charge in [-0.1, -0.05) is 46.0 Å². The number of rotatable bonds is 6. The third-order valence-corrected chi connectivity index (χ3v) is 7.37. The topological polar surface area (TPSA) is 85.3 Å². The van der Waals surface area contributed by atoms with Crippen LogP contribution in [-0.4, -0.2) is 50.8 Å². The molecule has 0 aliphatic carbocycles. The molecule has 2 rings (SSSR count). The number of hydroxylamine groups is 1. The van der Waals surface area contributed by atoms with E-state index in [9.17, 15) is 13.5 Å². The van der Waals surface area contributed by atoms with Crippen molar-refractivity contribution in [3.05, 3.63) is 28.8 Å². The van der Waals surface area contributed by atoms with E-state index in [1.165, 1.54) is 7.11 Å². The molecule has 1 aromatic rings. The maximum Gasteiger partial charge on any atom is 0.241 e. The molecule has 1 fully saturated rings. The fourth-order valence-corrected chi connectivity index (χ4v) is 5.36. The van der Waals surface area contributed by atoms with Crippen LogP contribution in [0.1, 0.15) is 70.8 Å². The molecule has 2 atom stereocenters. The lowest BCUT2D eigenvalue weighted by Gasteiger charge is -2.31. The first-order chi connectivity index (χ1) is 13.2. The molecule has 1 aliphatic rings. The Bertz CT molecular complexity index is 788. The number of benzene rings is 1. The molecule has 29 heavy (non-hydrogen) atoms. The van der Waals surface area contributed by atoms with Crippen LogP contribution in [0, 0.1) is 0 Å². The highest BCUT2D eigenvalue weighted by molar-refractivity contribution is 7.89. The van der Waals surface area contributed by atoms with Crippen LogP contribution in [0.15, 0.2) is 12.1 Å². The maximum absolute atomic E-state index is 12.7. The SMILES string of the molecule is COCOc1c(C(C)(C)C)cc(C(O)C2CCN(OC)S2(=O)=O)cc1C(C)(C)C. The number of methoxy groups -OCH3 is 1. The summed E-state index contributed by atoms with van der Waals surface area (Å²) in [6.45, 7) is 12.7. The molecule has 1 saturated heterocycles. The average Bonchev–Trinajstić information content (AvgIpc) is 2.90. The van der Waals surface area contributed by atoms with Gasteiger partial charge in [-0.3, -0.25) is 4.84 Å². The molecule has 0 saturated carbocycles. The molecule has 0 amide bonds. The van der Waals surface area contributed by atoms with Crippen molar-refractivity contribution in [2.75, 3.05) is 27.6 Å². The number of sulfonamides is 1. The van der Waals surface area contributed by atoms with Gasteiger partial charge in [-0.2, -0.15) is 0 Å². The van der Waals surface area contributed by atoms with Crippen molar-refractivity contribution >= 4 is 10.0 Å². The summed E-state index contributed by atoms with van der Waals surface area (Å²) >= 11 is 0. The van der Waals surface area contributed by atoms with E-state index in [4.69, 9.17) is 14.3 Å². The highest BCUT2D eigenvalue weighted by atomic mass is 32.2. The van der Waals surface area contributed by atoms with Gasteiger partial charge in [0.1, 0.15) is 11.0 Å². The second-order valence-electron chi connectivity index (χ2n) is 9.52. The summed E-state index contributed by atoms with van der Waals surface area (Å²) in [4.78, 5) is 4.96. The standard InChI is InChI=1S/C21H35NO6S/c1-20(2,3)15-11-14(12-16(21(4,5)6)19(15)28-13-26-7)18(23)17-9-10-22(27-8)29(17,24)25/h11-12,17-18,23H,9-10,13H2,1-8H3. The number of ether oxygens (including phenoxy) is 2. The molecule has 0 radical (unpaired) electrons. The van der Waals surface area contributed by atoms with Gasteiger partial charge in [0.2, 0.25) is 10.0 Å². The quantitative estimate of drug-likeness (QED) is 0.699. The smallest absolute Gasteiger partial charge is 0.241 e. The highest BCUT2D eigenvalue weighted by Gasteiger charge is 2.44. The van der Waals surface area contributed by atoms with Crippen molar-refractivity contribution in [1.29, 1.82) is 0 Å². The van der Waals surface area contributed by atoms with Crippen LogP contribution in [0.2, 0.25) is 0 Å². The predicted molar refractivity (Wildman–Crippen MR) is 112 cm³/mol. The minimum Gasteiger partial charge on any atom is -0.467 e. The maximum atomic E-state index is 12.7. The lowest BCUT2D eigenvalue weighted by molar-refractivity contribution is -0.0404. The second kappa shape index (κ2) is 8.51. The first kappa shape index (κ1) is 24.1. The Morgan fingerprint density at radius 2 is 1.62 bits per heavy atom. The Morgan fingerprint density at radius 1 is 1.10 bits per heavy atom. The van der Waals surface area contributed by atoms with Crippen molar-refractivity contribution in [2.45, 2.75) is 70.1 Å². The Morgan fingerprint density at radius 3 is 2.00 bits per heavy atom. The van der Waals surface area contributed by atoms with Crippen LogP contribution < -0.4 is 4.74 Å². The van der Waals surface area contributed by atoms with Crippen molar-refractivity contribution in [3.8, 4) is 5.75 Å². The third-order valence-electron chi connectivity index (χ3n) is 5.21. The van der Waals surface area contributed by atoms with Gasteiger partial charge in [0.05, 0.1) is 13.2 Å². The monoisotopic (exact) mass is 429 g/mol. The molecular formula is C21H35NO6S. The number of aliphatic hydroxyl groups is 1.